The maximum Gasteiger partial charge on any atom is 0.315 e. The Morgan fingerprint density at radius 3 is 2.38 bits per heavy atom. The fourth-order valence-electron chi connectivity index (χ4n) is 1.02. The second kappa shape index (κ2) is 6.71. The van der Waals surface area contributed by atoms with Crippen LogP contribution >= 0.6 is 0 Å². The lowest BCUT2D eigenvalue weighted by atomic mass is 10.2. The summed E-state index contributed by atoms with van der Waals surface area (Å²) in [7, 11) is 0. The Labute approximate surface area is 80.3 Å². The van der Waals surface area contributed by atoms with Crippen LogP contribution in [0.15, 0.2) is 0 Å². The van der Waals surface area contributed by atoms with E-state index in [1.807, 2.05) is 20.8 Å². The quantitative estimate of drug-likeness (QED) is 0.596. The number of amides is 2. The second-order valence-corrected chi connectivity index (χ2v) is 3.60. The Morgan fingerprint density at radius 2 is 1.92 bits per heavy atom. The summed E-state index contributed by atoms with van der Waals surface area (Å²) in [6, 6.07) is 0.281. The number of carbonyl (C=O) groups is 1. The summed E-state index contributed by atoms with van der Waals surface area (Å²) in [5.74, 6) is 0. The Hall–Kier alpha value is -0.770. The normalized spacial score (nSPS) is 12.7. The molecule has 0 saturated heterocycles. The molecule has 4 N–H and O–H groups in total. The molecular weight excluding hydrogens is 166 g/mol. The van der Waals surface area contributed by atoms with Crippen LogP contribution in [0.2, 0.25) is 0 Å². The van der Waals surface area contributed by atoms with Gasteiger partial charge in [0, 0.05) is 12.1 Å². The van der Waals surface area contributed by atoms with Gasteiger partial charge in [0.15, 0.2) is 0 Å². The van der Waals surface area contributed by atoms with E-state index in [-0.39, 0.29) is 18.1 Å². The van der Waals surface area contributed by atoms with Gasteiger partial charge in [0.25, 0.3) is 0 Å². The molecule has 0 heterocycles. The molecule has 1 unspecified atom stereocenters. The predicted octanol–water partition coefficient (Wildman–Crippen LogP) is 0.821. The number of nitrogens with one attached hydrogen (secondary N) is 2. The van der Waals surface area contributed by atoms with Crippen molar-refractivity contribution in [3.05, 3.63) is 0 Å². The molecule has 0 fully saturated rings. The van der Waals surface area contributed by atoms with Crippen LogP contribution in [0.25, 0.3) is 0 Å². The molecule has 4 heteroatoms. The minimum atomic E-state index is -0.0977. The number of urea groups is 1. The standard InChI is InChI=1S/C9H21N3O/c1-7(2)11-9(13)12-8(3)5-4-6-10/h7-8H,4-6,10H2,1-3H3,(H2,11,12,13). The molecule has 4 nitrogen and oxygen atoms in total. The van der Waals surface area contributed by atoms with Gasteiger partial charge in [0.1, 0.15) is 0 Å². The molecule has 0 aromatic rings. The monoisotopic (exact) mass is 187 g/mol. The van der Waals surface area contributed by atoms with Gasteiger partial charge in [0.2, 0.25) is 0 Å². The summed E-state index contributed by atoms with van der Waals surface area (Å²) in [5.41, 5.74) is 5.36. The molecule has 13 heavy (non-hydrogen) atoms. The highest BCUT2D eigenvalue weighted by Gasteiger charge is 2.06. The van der Waals surface area contributed by atoms with Gasteiger partial charge in [-0.3, -0.25) is 0 Å². The minimum absolute atomic E-state index is 0.0977. The van der Waals surface area contributed by atoms with Crippen molar-refractivity contribution in [2.75, 3.05) is 6.54 Å². The van der Waals surface area contributed by atoms with E-state index in [1.165, 1.54) is 0 Å². The zero-order valence-corrected chi connectivity index (χ0v) is 8.76. The third-order valence-corrected chi connectivity index (χ3v) is 1.64. The summed E-state index contributed by atoms with van der Waals surface area (Å²) in [4.78, 5) is 11.2. The van der Waals surface area contributed by atoms with Gasteiger partial charge < -0.3 is 16.4 Å². The maximum absolute atomic E-state index is 11.2. The fraction of sp³-hybridized carbons (Fsp3) is 0.889. The van der Waals surface area contributed by atoms with E-state index in [2.05, 4.69) is 10.6 Å². The Balaban J connectivity index is 3.53. The molecule has 0 aromatic carbocycles. The second-order valence-electron chi connectivity index (χ2n) is 3.60. The van der Waals surface area contributed by atoms with Gasteiger partial charge in [-0.1, -0.05) is 0 Å². The summed E-state index contributed by atoms with van der Waals surface area (Å²) < 4.78 is 0. The molecule has 0 aliphatic carbocycles. The lowest BCUT2D eigenvalue weighted by Gasteiger charge is -2.15. The first-order valence-corrected chi connectivity index (χ1v) is 4.83. The van der Waals surface area contributed by atoms with Crippen molar-refractivity contribution in [1.82, 2.24) is 10.6 Å². The maximum atomic E-state index is 11.2. The van der Waals surface area contributed by atoms with E-state index in [0.29, 0.717) is 6.54 Å². The number of rotatable bonds is 5. The third kappa shape index (κ3) is 7.59. The van der Waals surface area contributed by atoms with Gasteiger partial charge in [-0.05, 0) is 40.2 Å². The van der Waals surface area contributed by atoms with Gasteiger partial charge in [-0.25, -0.2) is 4.79 Å². The van der Waals surface area contributed by atoms with Crippen LogP contribution in [0.4, 0.5) is 4.79 Å². The first-order chi connectivity index (χ1) is 6.06. The molecule has 2 amide bonds. The Kier molecular flexibility index (Phi) is 6.32. The molecule has 0 rings (SSSR count). The molecule has 78 valence electrons. The average molecular weight is 187 g/mol. The predicted molar refractivity (Wildman–Crippen MR) is 54.6 cm³/mol. The highest BCUT2D eigenvalue weighted by molar-refractivity contribution is 5.74. The largest absolute Gasteiger partial charge is 0.336 e. The molecule has 1 atom stereocenters. The molecule has 0 bridgehead atoms. The van der Waals surface area contributed by atoms with E-state index in [9.17, 15) is 4.79 Å². The Morgan fingerprint density at radius 1 is 1.31 bits per heavy atom. The van der Waals surface area contributed by atoms with Crippen molar-refractivity contribution in [3.63, 3.8) is 0 Å². The van der Waals surface area contributed by atoms with Crippen LogP contribution in [0, 0.1) is 0 Å². The van der Waals surface area contributed by atoms with Crippen molar-refractivity contribution >= 4 is 6.03 Å². The Bertz CT molecular complexity index is 148. The summed E-state index contributed by atoms with van der Waals surface area (Å²) in [6.07, 6.45) is 1.88. The number of carbonyl (C=O) groups excluding carboxylic acids is 1. The van der Waals surface area contributed by atoms with Crippen molar-refractivity contribution in [2.45, 2.75) is 45.7 Å². The van der Waals surface area contributed by atoms with Crippen LogP contribution in [0.3, 0.4) is 0 Å². The lowest BCUT2D eigenvalue weighted by Crippen LogP contribution is -2.43. The van der Waals surface area contributed by atoms with E-state index >= 15 is 0 Å². The molecule has 0 aliphatic heterocycles. The third-order valence-electron chi connectivity index (χ3n) is 1.64. The molecule has 0 aliphatic rings. The van der Waals surface area contributed by atoms with E-state index < -0.39 is 0 Å². The van der Waals surface area contributed by atoms with E-state index in [1.54, 1.807) is 0 Å². The highest BCUT2D eigenvalue weighted by atomic mass is 16.2. The minimum Gasteiger partial charge on any atom is -0.336 e. The number of hydrogen-bond donors (Lipinski definition) is 3. The SMILES string of the molecule is CC(C)NC(=O)NC(C)CCCN. The average Bonchev–Trinajstić information content (AvgIpc) is 1.98. The zero-order chi connectivity index (χ0) is 10.3. The number of nitrogens with two attached hydrogens (primary N) is 1. The van der Waals surface area contributed by atoms with Gasteiger partial charge >= 0.3 is 6.03 Å². The van der Waals surface area contributed by atoms with Crippen molar-refractivity contribution in [1.29, 1.82) is 0 Å². The number of hydrogen-bond acceptors (Lipinski definition) is 2. The van der Waals surface area contributed by atoms with Gasteiger partial charge in [0.05, 0.1) is 0 Å². The first-order valence-electron chi connectivity index (χ1n) is 4.83. The summed E-state index contributed by atoms with van der Waals surface area (Å²) in [6.45, 7) is 6.53. The topological polar surface area (TPSA) is 67.2 Å². The van der Waals surface area contributed by atoms with Crippen molar-refractivity contribution in [3.8, 4) is 0 Å². The van der Waals surface area contributed by atoms with Crippen LogP contribution < -0.4 is 16.4 Å². The smallest absolute Gasteiger partial charge is 0.315 e. The summed E-state index contributed by atoms with van der Waals surface area (Å²) in [5, 5.41) is 5.61. The van der Waals surface area contributed by atoms with Gasteiger partial charge in [-0.15, -0.1) is 0 Å². The summed E-state index contributed by atoms with van der Waals surface area (Å²) >= 11 is 0. The molecule has 0 spiro atoms. The molecule has 0 radical (unpaired) electrons. The fourth-order valence-corrected chi connectivity index (χ4v) is 1.02. The lowest BCUT2D eigenvalue weighted by molar-refractivity contribution is 0.234. The van der Waals surface area contributed by atoms with Crippen molar-refractivity contribution in [2.24, 2.45) is 5.73 Å². The van der Waals surface area contributed by atoms with Crippen molar-refractivity contribution < 1.29 is 4.79 Å². The molecule has 0 aromatic heterocycles. The van der Waals surface area contributed by atoms with Crippen LogP contribution in [-0.2, 0) is 0 Å². The van der Waals surface area contributed by atoms with Crippen LogP contribution in [0.1, 0.15) is 33.6 Å². The first kappa shape index (κ1) is 12.2. The zero-order valence-electron chi connectivity index (χ0n) is 8.76. The van der Waals surface area contributed by atoms with E-state index in [0.717, 1.165) is 12.8 Å². The molecule has 0 saturated carbocycles. The molecular formula is C9H21N3O. The van der Waals surface area contributed by atoms with Crippen LogP contribution in [0.5, 0.6) is 0 Å². The van der Waals surface area contributed by atoms with E-state index in [4.69, 9.17) is 5.73 Å². The van der Waals surface area contributed by atoms with Gasteiger partial charge in [-0.2, -0.15) is 0 Å². The highest BCUT2D eigenvalue weighted by Crippen LogP contribution is 1.94. The van der Waals surface area contributed by atoms with Crippen LogP contribution in [-0.4, -0.2) is 24.7 Å².